The second-order valence-electron chi connectivity index (χ2n) is 7.62. The van der Waals surface area contributed by atoms with Gasteiger partial charge in [-0.3, -0.25) is 9.59 Å². The van der Waals surface area contributed by atoms with Crippen LogP contribution in [0.2, 0.25) is 0 Å². The van der Waals surface area contributed by atoms with Crippen LogP contribution in [-0.2, 0) is 20.5 Å². The van der Waals surface area contributed by atoms with E-state index in [1.165, 1.54) is 36.4 Å². The Labute approximate surface area is 189 Å². The second kappa shape index (κ2) is 11.3. The van der Waals surface area contributed by atoms with Gasteiger partial charge in [0.05, 0.1) is 11.1 Å². The van der Waals surface area contributed by atoms with Crippen LogP contribution in [0.15, 0.2) is 48.5 Å². The highest BCUT2D eigenvalue weighted by Crippen LogP contribution is 2.30. The highest BCUT2D eigenvalue weighted by atomic mass is 19.4. The van der Waals surface area contributed by atoms with Crippen molar-refractivity contribution in [3.05, 3.63) is 59.7 Å². The summed E-state index contributed by atoms with van der Waals surface area (Å²) in [4.78, 5) is 35.8. The summed E-state index contributed by atoms with van der Waals surface area (Å²) in [5, 5.41) is 5.05. The van der Waals surface area contributed by atoms with Gasteiger partial charge in [0.2, 0.25) is 0 Å². The van der Waals surface area contributed by atoms with E-state index < -0.39 is 42.7 Å². The van der Waals surface area contributed by atoms with E-state index in [0.717, 1.165) is 12.1 Å². The molecule has 0 saturated carbocycles. The second-order valence-corrected chi connectivity index (χ2v) is 7.62. The Balaban J connectivity index is 1.81. The lowest BCUT2D eigenvalue weighted by Crippen LogP contribution is -2.38. The molecule has 10 heteroatoms. The molecule has 0 fully saturated rings. The van der Waals surface area contributed by atoms with E-state index in [2.05, 4.69) is 10.6 Å². The molecule has 2 aromatic carbocycles. The molecule has 7 nitrogen and oxygen atoms in total. The van der Waals surface area contributed by atoms with Gasteiger partial charge in [0.25, 0.3) is 11.8 Å². The molecule has 0 heterocycles. The highest BCUT2D eigenvalue weighted by Gasteiger charge is 2.30. The lowest BCUT2D eigenvalue weighted by atomic mass is 10.1. The molecule has 178 valence electrons. The van der Waals surface area contributed by atoms with Crippen LogP contribution in [0.25, 0.3) is 0 Å². The maximum Gasteiger partial charge on any atom is 0.416 e. The van der Waals surface area contributed by atoms with Crippen molar-refractivity contribution >= 4 is 23.5 Å². The van der Waals surface area contributed by atoms with Gasteiger partial charge < -0.3 is 20.1 Å². The lowest BCUT2D eigenvalue weighted by Gasteiger charge is -2.17. The Morgan fingerprint density at radius 2 is 1.61 bits per heavy atom. The van der Waals surface area contributed by atoms with Crippen LogP contribution in [0.3, 0.4) is 0 Å². The summed E-state index contributed by atoms with van der Waals surface area (Å²) in [6.07, 6.45) is -4.52. The molecule has 0 bridgehead atoms. The van der Waals surface area contributed by atoms with Gasteiger partial charge in [0.1, 0.15) is 5.75 Å². The number of nitrogens with one attached hydrogen (secondary N) is 2. The summed E-state index contributed by atoms with van der Waals surface area (Å²) in [6, 6.07) is 9.83. The SMILES string of the molecule is CC(C)C(C)NC(=O)COC(=O)c1ccc(OCC(=O)Nc2cccc(C(F)(F)F)c2)cc1. The molecule has 1 unspecified atom stereocenters. The first-order valence-corrected chi connectivity index (χ1v) is 10.1. The molecule has 0 aliphatic heterocycles. The molecule has 0 aliphatic carbocycles. The first kappa shape index (κ1) is 25.7. The quantitative estimate of drug-likeness (QED) is 0.544. The third-order valence-electron chi connectivity index (χ3n) is 4.66. The standard InChI is InChI=1S/C23H25F3N2O5/c1-14(2)15(3)27-20(29)13-33-22(31)16-7-9-19(10-8-16)32-12-21(30)28-18-6-4-5-17(11-18)23(24,25)26/h4-11,14-15H,12-13H2,1-3H3,(H,27,29)(H,28,30). The molecule has 33 heavy (non-hydrogen) atoms. The summed E-state index contributed by atoms with van der Waals surface area (Å²) in [5.41, 5.74) is -0.709. The smallest absolute Gasteiger partial charge is 0.416 e. The Morgan fingerprint density at radius 3 is 2.21 bits per heavy atom. The number of rotatable bonds is 9. The van der Waals surface area contributed by atoms with Crippen LogP contribution in [0.1, 0.15) is 36.7 Å². The van der Waals surface area contributed by atoms with Crippen molar-refractivity contribution in [2.75, 3.05) is 18.5 Å². The zero-order valence-electron chi connectivity index (χ0n) is 18.4. The third kappa shape index (κ3) is 8.47. The van der Waals surface area contributed by atoms with Gasteiger partial charge in [-0.15, -0.1) is 0 Å². The zero-order valence-corrected chi connectivity index (χ0v) is 18.4. The van der Waals surface area contributed by atoms with E-state index in [1.54, 1.807) is 0 Å². The van der Waals surface area contributed by atoms with E-state index in [-0.39, 0.29) is 29.0 Å². The van der Waals surface area contributed by atoms with Gasteiger partial charge in [-0.2, -0.15) is 13.2 Å². The van der Waals surface area contributed by atoms with Crippen molar-refractivity contribution in [3.8, 4) is 5.75 Å². The molecule has 0 aliphatic rings. The summed E-state index contributed by atoms with van der Waals surface area (Å²) >= 11 is 0. The number of anilines is 1. The van der Waals surface area contributed by atoms with Gasteiger partial charge in [-0.05, 0) is 55.3 Å². The molecule has 2 aromatic rings. The van der Waals surface area contributed by atoms with Gasteiger partial charge >= 0.3 is 12.1 Å². The molecule has 2 rings (SSSR count). The van der Waals surface area contributed by atoms with E-state index in [1.807, 2.05) is 20.8 Å². The molecule has 1 atom stereocenters. The van der Waals surface area contributed by atoms with Crippen LogP contribution in [0.5, 0.6) is 5.75 Å². The molecular formula is C23H25F3N2O5. The van der Waals surface area contributed by atoms with Crippen LogP contribution in [0.4, 0.5) is 18.9 Å². The van der Waals surface area contributed by atoms with Crippen molar-refractivity contribution in [1.29, 1.82) is 0 Å². The van der Waals surface area contributed by atoms with Gasteiger partial charge in [0.15, 0.2) is 13.2 Å². The maximum absolute atomic E-state index is 12.7. The Bertz CT molecular complexity index is 975. The van der Waals surface area contributed by atoms with Crippen LogP contribution in [-0.4, -0.2) is 37.0 Å². The fourth-order valence-electron chi connectivity index (χ4n) is 2.48. The van der Waals surface area contributed by atoms with Crippen molar-refractivity contribution in [2.45, 2.75) is 33.0 Å². The number of halogens is 3. The van der Waals surface area contributed by atoms with E-state index in [9.17, 15) is 27.6 Å². The summed E-state index contributed by atoms with van der Waals surface area (Å²) in [5.74, 6) is -1.26. The Morgan fingerprint density at radius 1 is 0.939 bits per heavy atom. The minimum Gasteiger partial charge on any atom is -0.484 e. The first-order valence-electron chi connectivity index (χ1n) is 10.1. The minimum absolute atomic E-state index is 0.0108. The normalized spacial score (nSPS) is 12.1. The molecule has 0 saturated heterocycles. The zero-order chi connectivity index (χ0) is 24.6. The summed E-state index contributed by atoms with van der Waals surface area (Å²) in [7, 11) is 0. The number of hydrogen-bond donors (Lipinski definition) is 2. The fraction of sp³-hybridized carbons (Fsp3) is 0.348. The van der Waals surface area contributed by atoms with Crippen LogP contribution < -0.4 is 15.4 Å². The number of hydrogen-bond acceptors (Lipinski definition) is 5. The molecule has 0 spiro atoms. The van der Waals surface area contributed by atoms with Crippen molar-refractivity contribution in [3.63, 3.8) is 0 Å². The van der Waals surface area contributed by atoms with Crippen molar-refractivity contribution < 1.29 is 37.0 Å². The van der Waals surface area contributed by atoms with Crippen molar-refractivity contribution in [1.82, 2.24) is 5.32 Å². The summed E-state index contributed by atoms with van der Waals surface area (Å²) < 4.78 is 48.5. The number of amides is 2. The molecule has 0 aromatic heterocycles. The fourth-order valence-corrected chi connectivity index (χ4v) is 2.48. The third-order valence-corrected chi connectivity index (χ3v) is 4.66. The monoisotopic (exact) mass is 466 g/mol. The maximum atomic E-state index is 12.7. The summed E-state index contributed by atoms with van der Waals surface area (Å²) in [6.45, 7) is 4.90. The predicted molar refractivity (Wildman–Crippen MR) is 115 cm³/mol. The minimum atomic E-state index is -4.52. The topological polar surface area (TPSA) is 93.7 Å². The lowest BCUT2D eigenvalue weighted by molar-refractivity contribution is -0.137. The Hall–Kier alpha value is -3.56. The van der Waals surface area contributed by atoms with Crippen molar-refractivity contribution in [2.24, 2.45) is 5.92 Å². The molecule has 2 amide bonds. The van der Waals surface area contributed by atoms with Crippen LogP contribution in [0, 0.1) is 5.92 Å². The number of esters is 1. The van der Waals surface area contributed by atoms with Gasteiger partial charge in [0, 0.05) is 11.7 Å². The number of carbonyl (C=O) groups is 3. The molecule has 0 radical (unpaired) electrons. The van der Waals surface area contributed by atoms with Gasteiger partial charge in [-0.1, -0.05) is 19.9 Å². The van der Waals surface area contributed by atoms with Crippen LogP contribution >= 0.6 is 0 Å². The molecule has 2 N–H and O–H groups in total. The predicted octanol–water partition coefficient (Wildman–Crippen LogP) is 4.04. The van der Waals surface area contributed by atoms with Gasteiger partial charge in [-0.25, -0.2) is 4.79 Å². The van der Waals surface area contributed by atoms with E-state index in [4.69, 9.17) is 9.47 Å². The average Bonchev–Trinajstić information content (AvgIpc) is 2.76. The highest BCUT2D eigenvalue weighted by molar-refractivity contribution is 5.92. The number of carbonyl (C=O) groups excluding carboxylic acids is 3. The Kier molecular flexibility index (Phi) is 8.84. The van der Waals surface area contributed by atoms with E-state index in [0.29, 0.717) is 0 Å². The number of alkyl halides is 3. The molecular weight excluding hydrogens is 441 g/mol. The largest absolute Gasteiger partial charge is 0.484 e. The van der Waals surface area contributed by atoms with E-state index >= 15 is 0 Å². The average molecular weight is 466 g/mol. The first-order chi connectivity index (χ1) is 15.5. The number of ether oxygens (including phenoxy) is 2. The number of benzene rings is 2.